The number of anilines is 2. The van der Waals surface area contributed by atoms with Crippen molar-refractivity contribution in [1.82, 2.24) is 0 Å². The smallest absolute Gasteiger partial charge is 0.261 e. The first-order valence-corrected chi connectivity index (χ1v) is 9.42. The first kappa shape index (κ1) is 17.3. The predicted octanol–water partition coefficient (Wildman–Crippen LogP) is 2.85. The molecule has 0 spiro atoms. The van der Waals surface area contributed by atoms with E-state index in [0.29, 0.717) is 30.3 Å². The van der Waals surface area contributed by atoms with Gasteiger partial charge in [0.2, 0.25) is 5.91 Å². The Balaban J connectivity index is 2.01. The van der Waals surface area contributed by atoms with Crippen LogP contribution in [0.4, 0.5) is 11.4 Å². The molecule has 0 bridgehead atoms. The Morgan fingerprint density at radius 3 is 2.48 bits per heavy atom. The van der Waals surface area contributed by atoms with Gasteiger partial charge in [-0.3, -0.25) is 9.52 Å². The van der Waals surface area contributed by atoms with E-state index < -0.39 is 10.0 Å². The molecule has 2 aromatic rings. The third-order valence-electron chi connectivity index (χ3n) is 4.20. The highest BCUT2D eigenvalue weighted by molar-refractivity contribution is 7.92. The van der Waals surface area contributed by atoms with Crippen molar-refractivity contribution in [3.63, 3.8) is 0 Å². The molecule has 0 aromatic heterocycles. The minimum absolute atomic E-state index is 0.0886. The third kappa shape index (κ3) is 3.32. The molecule has 0 atom stereocenters. The van der Waals surface area contributed by atoms with Crippen LogP contribution in [0.3, 0.4) is 0 Å². The van der Waals surface area contributed by atoms with Crippen LogP contribution in [0.2, 0.25) is 0 Å². The van der Waals surface area contributed by atoms with Crippen molar-refractivity contribution in [3.05, 3.63) is 47.5 Å². The van der Waals surface area contributed by atoms with E-state index in [2.05, 4.69) is 4.72 Å². The molecule has 0 unspecified atom stereocenters. The summed E-state index contributed by atoms with van der Waals surface area (Å²) in [5, 5.41) is 0. The van der Waals surface area contributed by atoms with Gasteiger partial charge in [0.1, 0.15) is 12.4 Å². The number of nitrogens with zero attached hydrogens (tertiary/aromatic N) is 1. The average molecular weight is 360 g/mol. The van der Waals surface area contributed by atoms with Crippen LogP contribution >= 0.6 is 0 Å². The molecule has 0 fully saturated rings. The largest absolute Gasteiger partial charge is 0.490 e. The Kier molecular flexibility index (Phi) is 4.43. The van der Waals surface area contributed by atoms with Crippen LogP contribution < -0.4 is 14.4 Å². The van der Waals surface area contributed by atoms with Gasteiger partial charge in [0, 0.05) is 6.92 Å². The molecule has 0 saturated carbocycles. The van der Waals surface area contributed by atoms with Gasteiger partial charge >= 0.3 is 0 Å². The molecule has 0 aliphatic carbocycles. The molecule has 6 nitrogen and oxygen atoms in total. The molecule has 0 saturated heterocycles. The summed E-state index contributed by atoms with van der Waals surface area (Å²) in [7, 11) is -3.78. The zero-order chi connectivity index (χ0) is 18.2. The van der Waals surface area contributed by atoms with Crippen LogP contribution in [0, 0.1) is 13.8 Å². The number of hydrogen-bond donors (Lipinski definition) is 1. The molecule has 0 radical (unpaired) electrons. The van der Waals surface area contributed by atoms with Gasteiger partial charge < -0.3 is 9.64 Å². The Labute approximate surface area is 147 Å². The first-order valence-electron chi connectivity index (χ1n) is 7.93. The van der Waals surface area contributed by atoms with Gasteiger partial charge in [0.05, 0.1) is 22.8 Å². The molecule has 1 aliphatic heterocycles. The van der Waals surface area contributed by atoms with Gasteiger partial charge in [-0.1, -0.05) is 18.2 Å². The Morgan fingerprint density at radius 2 is 1.84 bits per heavy atom. The van der Waals surface area contributed by atoms with Gasteiger partial charge in [-0.15, -0.1) is 0 Å². The number of amides is 1. The summed E-state index contributed by atoms with van der Waals surface area (Å²) in [6.07, 6.45) is 0. The van der Waals surface area contributed by atoms with Crippen LogP contribution in [0.25, 0.3) is 0 Å². The third-order valence-corrected chi connectivity index (χ3v) is 5.55. The van der Waals surface area contributed by atoms with E-state index in [1.54, 1.807) is 6.07 Å². The van der Waals surface area contributed by atoms with Crippen LogP contribution in [0.15, 0.2) is 41.3 Å². The summed E-state index contributed by atoms with van der Waals surface area (Å²) in [4.78, 5) is 13.4. The quantitative estimate of drug-likeness (QED) is 0.913. The molecule has 3 rings (SSSR count). The highest BCUT2D eigenvalue weighted by atomic mass is 32.2. The fourth-order valence-electron chi connectivity index (χ4n) is 2.86. The first-order chi connectivity index (χ1) is 11.8. The molecule has 132 valence electrons. The van der Waals surface area contributed by atoms with Crippen LogP contribution in [-0.2, 0) is 14.8 Å². The molecule has 7 heteroatoms. The van der Waals surface area contributed by atoms with Gasteiger partial charge in [-0.05, 0) is 43.2 Å². The van der Waals surface area contributed by atoms with E-state index in [0.717, 1.165) is 11.1 Å². The summed E-state index contributed by atoms with van der Waals surface area (Å²) < 4.78 is 33.8. The molecule has 1 aliphatic rings. The molecule has 1 amide bonds. The van der Waals surface area contributed by atoms with Crippen molar-refractivity contribution in [2.45, 2.75) is 25.7 Å². The lowest BCUT2D eigenvalue weighted by Crippen LogP contribution is -2.36. The molecular formula is C18H20N2O4S. The molecule has 2 aromatic carbocycles. The number of fused-ring (bicyclic) bond motifs is 1. The second kappa shape index (κ2) is 6.40. The normalized spacial score (nSPS) is 13.8. The second-order valence-electron chi connectivity index (χ2n) is 6.02. The number of benzene rings is 2. The summed E-state index contributed by atoms with van der Waals surface area (Å²) in [5.41, 5.74) is 2.73. The highest BCUT2D eigenvalue weighted by Gasteiger charge is 2.25. The average Bonchev–Trinajstić information content (AvgIpc) is 2.57. The minimum Gasteiger partial charge on any atom is -0.490 e. The van der Waals surface area contributed by atoms with E-state index in [1.807, 2.05) is 32.0 Å². The van der Waals surface area contributed by atoms with Gasteiger partial charge in [0.15, 0.2) is 0 Å². The number of rotatable bonds is 3. The number of ether oxygens (including phenoxy) is 1. The van der Waals surface area contributed by atoms with Gasteiger partial charge in [-0.2, -0.15) is 0 Å². The van der Waals surface area contributed by atoms with Gasteiger partial charge in [0.25, 0.3) is 10.0 Å². The van der Waals surface area contributed by atoms with Crippen molar-refractivity contribution in [1.29, 1.82) is 0 Å². The van der Waals surface area contributed by atoms with E-state index in [1.165, 1.54) is 24.0 Å². The van der Waals surface area contributed by atoms with Crippen molar-refractivity contribution < 1.29 is 17.9 Å². The van der Waals surface area contributed by atoms with Crippen molar-refractivity contribution in [3.8, 4) is 5.75 Å². The number of carbonyl (C=O) groups excluding carboxylic acids is 1. The van der Waals surface area contributed by atoms with Crippen LogP contribution in [0.1, 0.15) is 18.1 Å². The maximum Gasteiger partial charge on any atom is 0.261 e. The fourth-order valence-corrected chi connectivity index (χ4v) is 4.08. The molecule has 25 heavy (non-hydrogen) atoms. The molecule has 1 heterocycles. The number of nitrogens with one attached hydrogen (secondary N) is 1. The predicted molar refractivity (Wildman–Crippen MR) is 96.7 cm³/mol. The Bertz CT molecular complexity index is 918. The lowest BCUT2D eigenvalue weighted by Gasteiger charge is -2.29. The number of aryl methyl sites for hydroxylation is 2. The molecular weight excluding hydrogens is 340 g/mol. The standard InChI is InChI=1S/C18H20N2O4S/c1-12-5-4-6-13(2)18(12)19-25(22,23)15-7-8-17-16(11-15)20(14(3)21)9-10-24-17/h4-8,11,19H,9-10H2,1-3H3. The van der Waals surface area contributed by atoms with Crippen molar-refractivity contribution >= 4 is 27.3 Å². The van der Waals surface area contributed by atoms with Crippen molar-refractivity contribution in [2.75, 3.05) is 22.8 Å². The zero-order valence-electron chi connectivity index (χ0n) is 14.4. The van der Waals surface area contributed by atoms with E-state index >= 15 is 0 Å². The summed E-state index contributed by atoms with van der Waals surface area (Å²) in [6.45, 7) is 5.94. The van der Waals surface area contributed by atoms with Gasteiger partial charge in [-0.25, -0.2) is 8.42 Å². The van der Waals surface area contributed by atoms with Crippen molar-refractivity contribution in [2.24, 2.45) is 0 Å². The summed E-state index contributed by atoms with van der Waals surface area (Å²) in [5.74, 6) is 0.356. The molecule has 1 N–H and O–H groups in total. The zero-order valence-corrected chi connectivity index (χ0v) is 15.2. The second-order valence-corrected chi connectivity index (χ2v) is 7.70. The lowest BCUT2D eigenvalue weighted by atomic mass is 10.1. The number of hydrogen-bond acceptors (Lipinski definition) is 4. The number of sulfonamides is 1. The van der Waals surface area contributed by atoms with Crippen LogP contribution in [0.5, 0.6) is 5.75 Å². The highest BCUT2D eigenvalue weighted by Crippen LogP contribution is 2.34. The SMILES string of the molecule is CC(=O)N1CCOc2ccc(S(=O)(=O)Nc3c(C)cccc3C)cc21. The topological polar surface area (TPSA) is 75.7 Å². The lowest BCUT2D eigenvalue weighted by molar-refractivity contribution is -0.116. The maximum atomic E-state index is 12.8. The summed E-state index contributed by atoms with van der Waals surface area (Å²) in [6, 6.07) is 10.1. The van der Waals surface area contributed by atoms with E-state index in [4.69, 9.17) is 4.74 Å². The Morgan fingerprint density at radius 1 is 1.16 bits per heavy atom. The van der Waals surface area contributed by atoms with E-state index in [9.17, 15) is 13.2 Å². The summed E-state index contributed by atoms with van der Waals surface area (Å²) >= 11 is 0. The Hall–Kier alpha value is -2.54. The number of para-hydroxylation sites is 1. The fraction of sp³-hybridized carbons (Fsp3) is 0.278. The maximum absolute atomic E-state index is 12.8. The number of carbonyl (C=O) groups is 1. The van der Waals surface area contributed by atoms with Crippen LogP contribution in [-0.4, -0.2) is 27.5 Å². The van der Waals surface area contributed by atoms with E-state index in [-0.39, 0.29) is 10.8 Å². The monoisotopic (exact) mass is 360 g/mol. The minimum atomic E-state index is -3.78.